The van der Waals surface area contributed by atoms with Crippen molar-refractivity contribution in [1.82, 2.24) is 10.2 Å². The maximum Gasteiger partial charge on any atom is 0.404 e. The number of piperidine rings is 1. The van der Waals surface area contributed by atoms with Crippen LogP contribution >= 0.6 is 0 Å². The SMILES string of the molecule is Cc1cccc(-c2c(F)cccc2C(CCCNC(=O)O)C2CCCN(C(=O)[C@H]3C[C@@H](N)[C@@H](O)C3)C2)c1. The second-order valence-corrected chi connectivity index (χ2v) is 10.6. The number of aliphatic hydroxyl groups is 1. The van der Waals surface area contributed by atoms with Crippen LogP contribution in [0.25, 0.3) is 11.1 Å². The van der Waals surface area contributed by atoms with Crippen molar-refractivity contribution in [3.8, 4) is 11.1 Å². The number of rotatable bonds is 8. The summed E-state index contributed by atoms with van der Waals surface area (Å²) < 4.78 is 15.4. The second-order valence-electron chi connectivity index (χ2n) is 10.6. The van der Waals surface area contributed by atoms with Crippen molar-refractivity contribution in [2.75, 3.05) is 19.6 Å². The summed E-state index contributed by atoms with van der Waals surface area (Å²) in [7, 11) is 0. The first-order valence-corrected chi connectivity index (χ1v) is 13.3. The van der Waals surface area contributed by atoms with E-state index in [1.165, 1.54) is 6.07 Å². The van der Waals surface area contributed by atoms with Crippen LogP contribution in [0.3, 0.4) is 0 Å². The third kappa shape index (κ3) is 6.48. The molecule has 5 N–H and O–H groups in total. The largest absolute Gasteiger partial charge is 0.465 e. The molecule has 2 aromatic rings. The Morgan fingerprint density at radius 1 is 1.22 bits per heavy atom. The van der Waals surface area contributed by atoms with Gasteiger partial charge in [0.15, 0.2) is 0 Å². The number of amides is 2. The maximum absolute atomic E-state index is 15.4. The van der Waals surface area contributed by atoms with Crippen molar-refractivity contribution in [3.63, 3.8) is 0 Å². The molecule has 2 unspecified atom stereocenters. The van der Waals surface area contributed by atoms with Crippen LogP contribution in [0.2, 0.25) is 0 Å². The first-order chi connectivity index (χ1) is 17.7. The minimum absolute atomic E-state index is 0.0427. The van der Waals surface area contributed by atoms with Crippen molar-refractivity contribution < 1.29 is 24.2 Å². The fraction of sp³-hybridized carbons (Fsp3) is 0.517. The van der Waals surface area contributed by atoms with Gasteiger partial charge in [-0.15, -0.1) is 0 Å². The Morgan fingerprint density at radius 2 is 2.00 bits per heavy atom. The number of aliphatic hydroxyl groups excluding tert-OH is 1. The predicted molar refractivity (Wildman–Crippen MR) is 141 cm³/mol. The number of nitrogens with two attached hydrogens (primary N) is 1. The summed E-state index contributed by atoms with van der Waals surface area (Å²) in [6.07, 6.45) is 2.20. The van der Waals surface area contributed by atoms with Gasteiger partial charge in [-0.2, -0.15) is 0 Å². The number of hydrogen-bond acceptors (Lipinski definition) is 4. The standard InChI is InChI=1S/C29H38FN3O4/c1-18-6-2-7-19(14-18)27-23(9-3-11-24(27)30)22(10-4-12-32-29(36)37)20-8-5-13-33(17-20)28(35)21-15-25(31)26(34)16-21/h2-3,6-7,9,11,14,20-22,25-26,32,34H,4-5,8,10,12-13,15-17,31H2,1H3,(H,36,37)/t20?,21-,22?,25+,26-/m0/s1. The van der Waals surface area contributed by atoms with Crippen LogP contribution < -0.4 is 11.1 Å². The van der Waals surface area contributed by atoms with Crippen LogP contribution in [0.15, 0.2) is 42.5 Å². The Balaban J connectivity index is 1.62. The monoisotopic (exact) mass is 511 g/mol. The second kappa shape index (κ2) is 12.0. The average Bonchev–Trinajstić information content (AvgIpc) is 3.21. The molecule has 4 rings (SSSR count). The molecule has 1 saturated heterocycles. The molecule has 8 heteroatoms. The number of aryl methyl sites for hydroxylation is 1. The number of halogens is 1. The molecular weight excluding hydrogens is 473 g/mol. The van der Waals surface area contributed by atoms with E-state index >= 15 is 4.39 Å². The van der Waals surface area contributed by atoms with Crippen molar-refractivity contribution in [1.29, 1.82) is 0 Å². The number of hydrogen-bond donors (Lipinski definition) is 4. The van der Waals surface area contributed by atoms with Crippen LogP contribution in [-0.4, -0.2) is 58.9 Å². The van der Waals surface area contributed by atoms with Crippen LogP contribution in [0.4, 0.5) is 9.18 Å². The van der Waals surface area contributed by atoms with E-state index in [0.29, 0.717) is 50.9 Å². The summed E-state index contributed by atoms with van der Waals surface area (Å²) in [5, 5.41) is 21.5. The molecular formula is C29H38FN3O4. The summed E-state index contributed by atoms with van der Waals surface area (Å²) in [4.78, 5) is 26.2. The molecule has 7 nitrogen and oxygen atoms in total. The molecule has 200 valence electrons. The lowest BCUT2D eigenvalue weighted by atomic mass is 9.75. The van der Waals surface area contributed by atoms with Gasteiger partial charge in [0.1, 0.15) is 5.82 Å². The third-order valence-corrected chi connectivity index (χ3v) is 7.98. The molecule has 0 radical (unpaired) electrons. The van der Waals surface area contributed by atoms with Crippen molar-refractivity contribution in [2.45, 2.75) is 63.5 Å². The smallest absolute Gasteiger partial charge is 0.404 e. The zero-order valence-electron chi connectivity index (χ0n) is 21.4. The molecule has 2 fully saturated rings. The highest BCUT2D eigenvalue weighted by molar-refractivity contribution is 5.79. The molecule has 0 spiro atoms. The van der Waals surface area contributed by atoms with Crippen molar-refractivity contribution in [2.24, 2.45) is 17.6 Å². The molecule has 0 bridgehead atoms. The van der Waals surface area contributed by atoms with Gasteiger partial charge in [0.25, 0.3) is 0 Å². The molecule has 5 atom stereocenters. The molecule has 2 aliphatic rings. The van der Waals surface area contributed by atoms with E-state index in [1.807, 2.05) is 42.2 Å². The van der Waals surface area contributed by atoms with Gasteiger partial charge in [-0.3, -0.25) is 4.79 Å². The third-order valence-electron chi connectivity index (χ3n) is 7.98. The molecule has 1 aliphatic heterocycles. The van der Waals surface area contributed by atoms with Gasteiger partial charge in [-0.25, -0.2) is 9.18 Å². The summed E-state index contributed by atoms with van der Waals surface area (Å²) in [5.74, 6) is -0.448. The van der Waals surface area contributed by atoms with Gasteiger partial charge >= 0.3 is 6.09 Å². The van der Waals surface area contributed by atoms with E-state index in [1.54, 1.807) is 6.07 Å². The minimum Gasteiger partial charge on any atom is -0.465 e. The predicted octanol–water partition coefficient (Wildman–Crippen LogP) is 4.27. The van der Waals surface area contributed by atoms with E-state index in [0.717, 1.165) is 29.5 Å². The lowest BCUT2D eigenvalue weighted by molar-refractivity contribution is -0.137. The Labute approximate surface area is 217 Å². The zero-order chi connectivity index (χ0) is 26.5. The normalized spacial score (nSPS) is 24.6. The van der Waals surface area contributed by atoms with Crippen molar-refractivity contribution in [3.05, 3.63) is 59.4 Å². The van der Waals surface area contributed by atoms with Crippen molar-refractivity contribution >= 4 is 12.0 Å². The minimum atomic E-state index is -1.06. The van der Waals surface area contributed by atoms with E-state index in [4.69, 9.17) is 10.8 Å². The number of nitrogens with zero attached hydrogens (tertiary/aromatic N) is 1. The van der Waals surface area contributed by atoms with Gasteiger partial charge in [0, 0.05) is 37.2 Å². The molecule has 1 aliphatic carbocycles. The Hall–Kier alpha value is -2.97. The summed E-state index contributed by atoms with van der Waals surface area (Å²) in [5.41, 5.74) is 9.31. The van der Waals surface area contributed by atoms with Gasteiger partial charge in [-0.1, -0.05) is 42.0 Å². The number of carbonyl (C=O) groups is 2. The molecule has 2 aromatic carbocycles. The van der Waals surface area contributed by atoms with E-state index in [9.17, 15) is 14.7 Å². The summed E-state index contributed by atoms with van der Waals surface area (Å²) >= 11 is 0. The molecule has 37 heavy (non-hydrogen) atoms. The van der Waals surface area contributed by atoms with Crippen LogP contribution in [0.1, 0.15) is 55.6 Å². The lowest BCUT2D eigenvalue weighted by Gasteiger charge is -2.39. The summed E-state index contributed by atoms with van der Waals surface area (Å²) in [6, 6.07) is 12.6. The first-order valence-electron chi connectivity index (χ1n) is 13.3. The number of carbonyl (C=O) groups excluding carboxylic acids is 1. The van der Waals surface area contributed by atoms with Crippen LogP contribution in [0.5, 0.6) is 0 Å². The van der Waals surface area contributed by atoms with Gasteiger partial charge in [0.05, 0.1) is 6.10 Å². The fourth-order valence-corrected chi connectivity index (χ4v) is 6.16. The van der Waals surface area contributed by atoms with Gasteiger partial charge in [0.2, 0.25) is 5.91 Å². The topological polar surface area (TPSA) is 116 Å². The van der Waals surface area contributed by atoms with E-state index in [-0.39, 0.29) is 35.5 Å². The Kier molecular flexibility index (Phi) is 8.82. The molecule has 0 aromatic heterocycles. The first kappa shape index (κ1) is 27.1. The van der Waals surface area contributed by atoms with Crippen LogP contribution in [-0.2, 0) is 4.79 Å². The maximum atomic E-state index is 15.4. The zero-order valence-corrected chi connectivity index (χ0v) is 21.4. The Morgan fingerprint density at radius 3 is 2.70 bits per heavy atom. The highest BCUT2D eigenvalue weighted by Crippen LogP contribution is 2.41. The number of carboxylic acid groups (broad SMARTS) is 1. The lowest BCUT2D eigenvalue weighted by Crippen LogP contribution is -2.44. The number of nitrogens with one attached hydrogen (secondary N) is 1. The van der Waals surface area contributed by atoms with E-state index < -0.39 is 12.2 Å². The van der Waals surface area contributed by atoms with Gasteiger partial charge in [-0.05, 0) is 74.5 Å². The molecule has 2 amide bonds. The molecule has 1 heterocycles. The van der Waals surface area contributed by atoms with E-state index in [2.05, 4.69) is 5.32 Å². The molecule has 1 saturated carbocycles. The quantitative estimate of drug-likeness (QED) is 0.395. The highest BCUT2D eigenvalue weighted by Gasteiger charge is 2.39. The van der Waals surface area contributed by atoms with Crippen LogP contribution in [0, 0.1) is 24.6 Å². The Bertz CT molecular complexity index is 1100. The van der Waals surface area contributed by atoms with Gasteiger partial charge < -0.3 is 26.2 Å². The number of likely N-dealkylation sites (tertiary alicyclic amines) is 1. The number of benzene rings is 2. The average molecular weight is 512 g/mol. The highest BCUT2D eigenvalue weighted by atomic mass is 19.1. The fourth-order valence-electron chi connectivity index (χ4n) is 6.16. The summed E-state index contributed by atoms with van der Waals surface area (Å²) in [6.45, 7) is 3.52.